The van der Waals surface area contributed by atoms with Gasteiger partial charge >= 0.3 is 5.69 Å². The number of amides is 1. The number of nitrogens with one attached hydrogen (secondary N) is 1. The maximum atomic E-state index is 14.9. The van der Waals surface area contributed by atoms with Gasteiger partial charge in [0, 0.05) is 18.2 Å². The topological polar surface area (TPSA) is 123 Å². The number of halogens is 2. The molecule has 1 saturated heterocycles. The summed E-state index contributed by atoms with van der Waals surface area (Å²) in [6.07, 6.45) is -2.33. The van der Waals surface area contributed by atoms with Crippen molar-refractivity contribution in [2.24, 2.45) is 0 Å². The summed E-state index contributed by atoms with van der Waals surface area (Å²) in [5.74, 6) is 0.128. The van der Waals surface area contributed by atoms with Crippen LogP contribution in [-0.2, 0) is 11.2 Å². The van der Waals surface area contributed by atoms with Crippen molar-refractivity contribution >= 4 is 34.3 Å². The van der Waals surface area contributed by atoms with Gasteiger partial charge in [-0.25, -0.2) is 9.18 Å². The number of ether oxygens (including phenoxy) is 2. The van der Waals surface area contributed by atoms with Crippen molar-refractivity contribution in [3.63, 3.8) is 0 Å². The van der Waals surface area contributed by atoms with Crippen molar-refractivity contribution < 1.29 is 28.9 Å². The number of nitrogens with zero attached hydrogens (tertiary/aromatic N) is 2. The second kappa shape index (κ2) is 7.80. The fourth-order valence-corrected chi connectivity index (χ4v) is 4.54. The van der Waals surface area contributed by atoms with E-state index in [1.807, 2.05) is 19.9 Å². The molecule has 11 heteroatoms. The largest absolute Gasteiger partial charge is 0.487 e. The fourth-order valence-electron chi connectivity index (χ4n) is 3.70. The summed E-state index contributed by atoms with van der Waals surface area (Å²) < 4.78 is 24.5. The number of carbonyl (C=O) groups is 1. The van der Waals surface area contributed by atoms with Crippen LogP contribution >= 0.6 is 22.6 Å². The van der Waals surface area contributed by atoms with Crippen LogP contribution in [-0.4, -0.2) is 53.8 Å². The molecule has 2 aliphatic heterocycles. The lowest BCUT2D eigenvalue weighted by Gasteiger charge is -2.23. The maximum Gasteiger partial charge on any atom is 0.351 e. The predicted molar refractivity (Wildman–Crippen MR) is 116 cm³/mol. The van der Waals surface area contributed by atoms with Crippen molar-refractivity contribution in [3.8, 4) is 5.75 Å². The zero-order valence-corrected chi connectivity index (χ0v) is 18.9. The van der Waals surface area contributed by atoms with Gasteiger partial charge in [0.25, 0.3) is 5.91 Å². The average Bonchev–Trinajstić information content (AvgIpc) is 3.13. The number of fused-ring (bicyclic) bond motifs is 1. The van der Waals surface area contributed by atoms with Crippen LogP contribution in [0.1, 0.15) is 36.0 Å². The van der Waals surface area contributed by atoms with E-state index in [9.17, 15) is 24.2 Å². The Labute approximate surface area is 190 Å². The van der Waals surface area contributed by atoms with Crippen LogP contribution in [0.3, 0.4) is 0 Å². The maximum absolute atomic E-state index is 14.9. The Hall–Kier alpha value is -2.09. The summed E-state index contributed by atoms with van der Waals surface area (Å²) in [5, 5.41) is 21.7. The first-order valence-electron chi connectivity index (χ1n) is 9.56. The van der Waals surface area contributed by atoms with Gasteiger partial charge in [-0.05, 0) is 60.2 Å². The highest BCUT2D eigenvalue weighted by atomic mass is 127. The Morgan fingerprint density at radius 1 is 1.42 bits per heavy atom. The van der Waals surface area contributed by atoms with Gasteiger partial charge in [-0.3, -0.25) is 9.36 Å². The molecule has 0 saturated carbocycles. The normalized spacial score (nSPS) is 28.8. The molecule has 4 atom stereocenters. The molecule has 2 aromatic rings. The Bertz CT molecular complexity index is 1090. The number of alkyl halides is 2. The number of hydrogen-bond acceptors (Lipinski definition) is 7. The zero-order chi connectivity index (χ0) is 22.6. The lowest BCUT2D eigenvalue weighted by molar-refractivity contribution is -0.0499. The number of hydrogen-bond donors (Lipinski definition) is 3. The van der Waals surface area contributed by atoms with Gasteiger partial charge in [-0.2, -0.15) is 4.98 Å². The molecule has 3 heterocycles. The Kier molecular flexibility index (Phi) is 5.56. The molecular weight excluding hydrogens is 524 g/mol. The second-order valence-electron chi connectivity index (χ2n) is 8.15. The lowest BCUT2D eigenvalue weighted by atomic mass is 10.0. The Balaban J connectivity index is 1.52. The van der Waals surface area contributed by atoms with Crippen molar-refractivity contribution in [1.82, 2.24) is 9.55 Å². The SMILES string of the molecule is CC1(C)Cc2ccc(C(=O)Nc3ccn(C4O[C@H](CO)[C@@H](O)C4(F)I)c(=O)n3)cc2O1. The highest BCUT2D eigenvalue weighted by Crippen LogP contribution is 2.45. The first-order valence-corrected chi connectivity index (χ1v) is 10.6. The molecule has 1 amide bonds. The van der Waals surface area contributed by atoms with Crippen LogP contribution in [0.25, 0.3) is 0 Å². The van der Waals surface area contributed by atoms with Gasteiger partial charge in [0.15, 0.2) is 6.23 Å². The van der Waals surface area contributed by atoms with Crippen molar-refractivity contribution in [1.29, 1.82) is 0 Å². The molecule has 4 rings (SSSR count). The third-order valence-electron chi connectivity index (χ3n) is 5.22. The highest BCUT2D eigenvalue weighted by molar-refractivity contribution is 14.1. The zero-order valence-electron chi connectivity index (χ0n) is 16.7. The number of benzene rings is 1. The van der Waals surface area contributed by atoms with Gasteiger partial charge in [0.1, 0.15) is 29.4 Å². The highest BCUT2D eigenvalue weighted by Gasteiger charge is 2.56. The smallest absolute Gasteiger partial charge is 0.351 e. The molecule has 2 aliphatic rings. The van der Waals surface area contributed by atoms with Crippen LogP contribution in [0.2, 0.25) is 0 Å². The molecule has 31 heavy (non-hydrogen) atoms. The van der Waals surface area contributed by atoms with E-state index in [4.69, 9.17) is 9.47 Å². The minimum absolute atomic E-state index is 0.0248. The van der Waals surface area contributed by atoms with Crippen molar-refractivity contribution in [3.05, 3.63) is 52.1 Å². The molecule has 9 nitrogen and oxygen atoms in total. The fraction of sp³-hybridized carbons (Fsp3) is 0.450. The second-order valence-corrected chi connectivity index (χ2v) is 9.80. The summed E-state index contributed by atoms with van der Waals surface area (Å²) in [7, 11) is 0. The predicted octanol–water partition coefficient (Wildman–Crippen LogP) is 1.56. The summed E-state index contributed by atoms with van der Waals surface area (Å²) in [6, 6.07) is 6.44. The Morgan fingerprint density at radius 2 is 2.16 bits per heavy atom. The quantitative estimate of drug-likeness (QED) is 0.394. The summed E-state index contributed by atoms with van der Waals surface area (Å²) in [5.41, 5.74) is 0.131. The minimum Gasteiger partial charge on any atom is -0.487 e. The standard InChI is InChI=1S/C20H21FIN3O6/c1-19(2)8-11-4-3-10(7-12(11)31-19)16(28)23-14-5-6-25(18(29)24-14)17-20(21,22)15(27)13(9-26)30-17/h3-7,13,15,17,26-27H,8-9H2,1-2H3,(H,23,24,28,29)/t13-,15-,17?,20?/m1/s1. The molecule has 3 N–H and O–H groups in total. The van der Waals surface area contributed by atoms with Gasteiger partial charge < -0.3 is 25.0 Å². The molecule has 0 bridgehead atoms. The van der Waals surface area contributed by atoms with E-state index in [0.717, 1.165) is 16.6 Å². The van der Waals surface area contributed by atoms with Gasteiger partial charge in [0.2, 0.25) is 3.68 Å². The van der Waals surface area contributed by atoms with Crippen LogP contribution < -0.4 is 15.7 Å². The van der Waals surface area contributed by atoms with E-state index in [1.165, 1.54) is 34.9 Å². The number of carbonyl (C=O) groups excluding carboxylic acids is 1. The van der Waals surface area contributed by atoms with Gasteiger partial charge in [-0.15, -0.1) is 0 Å². The molecule has 2 unspecified atom stereocenters. The molecular formula is C20H21FIN3O6. The average molecular weight is 545 g/mol. The van der Waals surface area contributed by atoms with Crippen molar-refractivity contribution in [2.75, 3.05) is 11.9 Å². The summed E-state index contributed by atoms with van der Waals surface area (Å²) in [6.45, 7) is 3.32. The van der Waals surface area contributed by atoms with E-state index >= 15 is 0 Å². The lowest BCUT2D eigenvalue weighted by Crippen LogP contribution is -2.40. The summed E-state index contributed by atoms with van der Waals surface area (Å²) >= 11 is 1.34. The number of aromatic nitrogens is 2. The number of anilines is 1. The molecule has 166 valence electrons. The molecule has 1 aromatic heterocycles. The number of aliphatic hydroxyl groups is 2. The first kappa shape index (κ1) is 22.1. The monoisotopic (exact) mass is 545 g/mol. The molecule has 0 spiro atoms. The van der Waals surface area contributed by atoms with Crippen LogP contribution in [0.4, 0.5) is 10.2 Å². The van der Waals surface area contributed by atoms with Crippen LogP contribution in [0.15, 0.2) is 35.3 Å². The van der Waals surface area contributed by atoms with E-state index in [-0.39, 0.29) is 11.4 Å². The molecule has 1 aromatic carbocycles. The van der Waals surface area contributed by atoms with Crippen LogP contribution in [0.5, 0.6) is 5.75 Å². The number of rotatable bonds is 4. The van der Waals surface area contributed by atoms with Crippen LogP contribution in [0, 0.1) is 0 Å². The Morgan fingerprint density at radius 3 is 2.81 bits per heavy atom. The third kappa shape index (κ3) is 4.06. The summed E-state index contributed by atoms with van der Waals surface area (Å²) in [4.78, 5) is 28.8. The van der Waals surface area contributed by atoms with E-state index in [2.05, 4.69) is 10.3 Å². The third-order valence-corrected chi connectivity index (χ3v) is 6.39. The number of aliphatic hydroxyl groups excluding tert-OH is 2. The van der Waals surface area contributed by atoms with Gasteiger partial charge in [-0.1, -0.05) is 6.07 Å². The van der Waals surface area contributed by atoms with Crippen molar-refractivity contribution in [2.45, 2.75) is 48.0 Å². The first-order chi connectivity index (χ1) is 14.5. The van der Waals surface area contributed by atoms with Gasteiger partial charge in [0.05, 0.1) is 6.61 Å². The van der Waals surface area contributed by atoms with E-state index in [0.29, 0.717) is 11.3 Å². The molecule has 0 radical (unpaired) electrons. The van der Waals surface area contributed by atoms with E-state index in [1.54, 1.807) is 12.1 Å². The molecule has 1 fully saturated rings. The van der Waals surface area contributed by atoms with E-state index < -0.39 is 40.3 Å². The minimum atomic E-state index is -2.35. The molecule has 0 aliphatic carbocycles.